The maximum absolute atomic E-state index is 2.45. The van der Waals surface area contributed by atoms with Crippen LogP contribution in [0.4, 0.5) is 0 Å². The first-order valence-corrected chi connectivity index (χ1v) is 17.3. The van der Waals surface area contributed by atoms with Crippen molar-refractivity contribution in [3.05, 3.63) is 182 Å². The van der Waals surface area contributed by atoms with Gasteiger partial charge in [-0.2, -0.15) is 0 Å². The number of benzene rings is 9. The highest BCUT2D eigenvalue weighted by Gasteiger charge is 2.19. The van der Waals surface area contributed by atoms with Crippen LogP contribution in [0.25, 0.3) is 98.4 Å². The van der Waals surface area contributed by atoms with Crippen molar-refractivity contribution in [3.63, 3.8) is 0 Å². The van der Waals surface area contributed by atoms with E-state index in [1.54, 1.807) is 0 Å². The van der Waals surface area contributed by atoms with Gasteiger partial charge in [-0.15, -0.1) is 0 Å². The first-order valence-electron chi connectivity index (χ1n) is 17.3. The highest BCUT2D eigenvalue weighted by atomic mass is 15.0. The van der Waals surface area contributed by atoms with Crippen LogP contribution in [-0.4, -0.2) is 9.13 Å². The van der Waals surface area contributed by atoms with E-state index < -0.39 is 0 Å². The lowest BCUT2D eigenvalue weighted by Gasteiger charge is -2.18. The number of rotatable bonds is 3. The summed E-state index contributed by atoms with van der Waals surface area (Å²) in [5.74, 6) is 0. The molecule has 11 rings (SSSR count). The first-order chi connectivity index (χ1) is 24.8. The van der Waals surface area contributed by atoms with Crippen LogP contribution in [0.2, 0.25) is 0 Å². The Kier molecular flexibility index (Phi) is 5.70. The second kappa shape index (κ2) is 10.4. The molecule has 0 aliphatic rings. The SMILES string of the molecule is c1cc(-c2cc(-n3c4ccccc4c4ccccc43)cc3c4ccccc4c4ccccc4c23)cc(-n2c3ccccc3c3ccccc32)c1. The van der Waals surface area contributed by atoms with Gasteiger partial charge in [0.05, 0.1) is 22.1 Å². The second-order valence-corrected chi connectivity index (χ2v) is 13.3. The fourth-order valence-corrected chi connectivity index (χ4v) is 8.59. The molecule has 0 bridgehead atoms. The van der Waals surface area contributed by atoms with Gasteiger partial charge in [0.15, 0.2) is 0 Å². The minimum atomic E-state index is 1.15. The van der Waals surface area contributed by atoms with Gasteiger partial charge in [-0.1, -0.05) is 133 Å². The lowest BCUT2D eigenvalue weighted by atomic mass is 9.89. The zero-order valence-electron chi connectivity index (χ0n) is 27.2. The van der Waals surface area contributed by atoms with Gasteiger partial charge in [-0.05, 0) is 92.0 Å². The van der Waals surface area contributed by atoms with Gasteiger partial charge >= 0.3 is 0 Å². The second-order valence-electron chi connectivity index (χ2n) is 13.3. The summed E-state index contributed by atoms with van der Waals surface area (Å²) < 4.78 is 4.87. The molecule has 0 aliphatic carbocycles. The minimum absolute atomic E-state index is 1.15. The molecule has 2 heterocycles. The molecule has 0 aliphatic heterocycles. The van der Waals surface area contributed by atoms with Crippen molar-refractivity contribution in [2.75, 3.05) is 0 Å². The van der Waals surface area contributed by atoms with Crippen molar-refractivity contribution in [3.8, 4) is 22.5 Å². The number of para-hydroxylation sites is 4. The lowest BCUT2D eigenvalue weighted by Crippen LogP contribution is -1.98. The summed E-state index contributed by atoms with van der Waals surface area (Å²) in [6.45, 7) is 0. The fraction of sp³-hybridized carbons (Fsp3) is 0. The molecule has 0 spiro atoms. The van der Waals surface area contributed by atoms with Crippen molar-refractivity contribution in [2.24, 2.45) is 0 Å². The molecule has 11 aromatic rings. The highest BCUT2D eigenvalue weighted by molar-refractivity contribution is 6.29. The summed E-state index contributed by atoms with van der Waals surface area (Å²) in [5, 5.41) is 12.7. The molecule has 0 amide bonds. The lowest BCUT2D eigenvalue weighted by molar-refractivity contribution is 1.18. The standard InChI is InChI=1S/C48H30N2/c1-2-18-36-34(16-1)35-17-3-4-23-41(35)48-42(29-33(30-43(36)48)50-46-26-11-7-21-39(46)40-22-8-12-27-47(40)50)31-14-13-15-32(28-31)49-44-24-9-5-19-37(44)38-20-6-10-25-45(38)49/h1-30H. The van der Waals surface area contributed by atoms with Crippen LogP contribution in [0.15, 0.2) is 182 Å². The van der Waals surface area contributed by atoms with Crippen molar-refractivity contribution >= 4 is 75.9 Å². The maximum atomic E-state index is 2.45. The van der Waals surface area contributed by atoms with E-state index in [9.17, 15) is 0 Å². The van der Waals surface area contributed by atoms with Gasteiger partial charge in [-0.25, -0.2) is 0 Å². The summed E-state index contributed by atoms with van der Waals surface area (Å²) in [7, 11) is 0. The van der Waals surface area contributed by atoms with E-state index in [0.29, 0.717) is 0 Å². The molecular formula is C48H30N2. The molecule has 2 aromatic heterocycles. The largest absolute Gasteiger partial charge is 0.309 e. The topological polar surface area (TPSA) is 9.86 Å². The molecule has 0 radical (unpaired) electrons. The Morgan fingerprint density at radius 3 is 1.18 bits per heavy atom. The predicted octanol–water partition coefficient (Wildman–Crippen LogP) is 13.0. The van der Waals surface area contributed by atoms with Gasteiger partial charge in [0.25, 0.3) is 0 Å². The molecule has 50 heavy (non-hydrogen) atoms. The Morgan fingerprint density at radius 2 is 0.660 bits per heavy atom. The Bertz CT molecular complexity index is 3050. The molecule has 0 N–H and O–H groups in total. The van der Waals surface area contributed by atoms with Gasteiger partial charge in [0.1, 0.15) is 0 Å². The van der Waals surface area contributed by atoms with Gasteiger partial charge < -0.3 is 9.13 Å². The third kappa shape index (κ3) is 3.79. The van der Waals surface area contributed by atoms with Crippen molar-refractivity contribution < 1.29 is 0 Å². The number of fused-ring (bicyclic) bond motifs is 12. The Balaban J connectivity index is 1.29. The average Bonchev–Trinajstić information content (AvgIpc) is 3.71. The number of hydrogen-bond donors (Lipinski definition) is 0. The monoisotopic (exact) mass is 634 g/mol. The van der Waals surface area contributed by atoms with Crippen LogP contribution in [0.3, 0.4) is 0 Å². The van der Waals surface area contributed by atoms with E-state index in [4.69, 9.17) is 0 Å². The van der Waals surface area contributed by atoms with Crippen molar-refractivity contribution in [1.29, 1.82) is 0 Å². The van der Waals surface area contributed by atoms with Gasteiger partial charge in [-0.3, -0.25) is 0 Å². The van der Waals surface area contributed by atoms with Gasteiger partial charge in [0, 0.05) is 32.9 Å². The van der Waals surface area contributed by atoms with Crippen LogP contribution in [0.1, 0.15) is 0 Å². The van der Waals surface area contributed by atoms with E-state index in [1.807, 2.05) is 0 Å². The van der Waals surface area contributed by atoms with E-state index >= 15 is 0 Å². The average molecular weight is 635 g/mol. The van der Waals surface area contributed by atoms with Crippen LogP contribution in [-0.2, 0) is 0 Å². The zero-order valence-corrected chi connectivity index (χ0v) is 27.2. The molecule has 2 nitrogen and oxygen atoms in total. The predicted molar refractivity (Wildman–Crippen MR) is 213 cm³/mol. The Morgan fingerprint density at radius 1 is 0.260 bits per heavy atom. The third-order valence-electron chi connectivity index (χ3n) is 10.7. The van der Waals surface area contributed by atoms with Crippen molar-refractivity contribution in [1.82, 2.24) is 9.13 Å². The normalized spacial score (nSPS) is 12.0. The maximum Gasteiger partial charge on any atom is 0.0541 e. The summed E-state index contributed by atoms with van der Waals surface area (Å²) >= 11 is 0. The Labute approximate surface area is 288 Å². The van der Waals surface area contributed by atoms with Gasteiger partial charge in [0.2, 0.25) is 0 Å². The smallest absolute Gasteiger partial charge is 0.0541 e. The quantitative estimate of drug-likeness (QED) is 0.171. The molecule has 232 valence electrons. The summed E-state index contributed by atoms with van der Waals surface area (Å²) in [5.41, 5.74) is 9.58. The zero-order chi connectivity index (χ0) is 32.8. The number of hydrogen-bond acceptors (Lipinski definition) is 0. The minimum Gasteiger partial charge on any atom is -0.309 e. The van der Waals surface area contributed by atoms with Crippen LogP contribution in [0.5, 0.6) is 0 Å². The van der Waals surface area contributed by atoms with E-state index in [1.165, 1.54) is 87.1 Å². The molecule has 9 aromatic carbocycles. The first kappa shape index (κ1) is 27.3. The molecule has 0 atom stereocenters. The van der Waals surface area contributed by atoms with E-state index in [2.05, 4.69) is 191 Å². The summed E-state index contributed by atoms with van der Waals surface area (Å²) in [6, 6.07) is 66.8. The fourth-order valence-electron chi connectivity index (χ4n) is 8.59. The molecule has 0 saturated heterocycles. The summed E-state index contributed by atoms with van der Waals surface area (Å²) in [4.78, 5) is 0. The van der Waals surface area contributed by atoms with E-state index in [0.717, 1.165) is 11.4 Å². The van der Waals surface area contributed by atoms with Crippen LogP contribution in [0, 0.1) is 0 Å². The molecule has 0 fully saturated rings. The van der Waals surface area contributed by atoms with E-state index in [-0.39, 0.29) is 0 Å². The number of aromatic nitrogens is 2. The molecule has 0 unspecified atom stereocenters. The van der Waals surface area contributed by atoms with Crippen molar-refractivity contribution in [2.45, 2.75) is 0 Å². The van der Waals surface area contributed by atoms with Crippen LogP contribution < -0.4 is 0 Å². The third-order valence-corrected chi connectivity index (χ3v) is 10.7. The molecular weight excluding hydrogens is 605 g/mol. The molecule has 0 saturated carbocycles. The summed E-state index contributed by atoms with van der Waals surface area (Å²) in [6.07, 6.45) is 0. The highest BCUT2D eigenvalue weighted by Crippen LogP contribution is 2.44. The Hall–Kier alpha value is -6.64. The number of nitrogens with zero attached hydrogens (tertiary/aromatic N) is 2. The molecule has 2 heteroatoms. The van der Waals surface area contributed by atoms with Crippen LogP contribution >= 0.6 is 0 Å².